The molecule has 1 aromatic rings. The van der Waals surface area contributed by atoms with Gasteiger partial charge in [0.15, 0.2) is 6.17 Å². The first-order chi connectivity index (χ1) is 8.15. The lowest BCUT2D eigenvalue weighted by atomic mass is 10.3. The number of anilines is 1. The van der Waals surface area contributed by atoms with Crippen LogP contribution in [0.15, 0.2) is 29.3 Å². The summed E-state index contributed by atoms with van der Waals surface area (Å²) in [5.41, 5.74) is 0.203. The second-order valence-electron chi connectivity index (χ2n) is 3.29. The van der Waals surface area contributed by atoms with Crippen molar-refractivity contribution in [1.29, 1.82) is 0 Å². The van der Waals surface area contributed by atoms with E-state index in [1.165, 1.54) is 27.9 Å². The first-order valence-electron chi connectivity index (χ1n) is 4.83. The molecule has 1 atom stereocenters. The maximum Gasteiger partial charge on any atom is 0.276 e. The minimum atomic E-state index is -2.62. The number of alkyl halides is 2. The first kappa shape index (κ1) is 12.3. The third-order valence-corrected chi connectivity index (χ3v) is 3.05. The van der Waals surface area contributed by atoms with Gasteiger partial charge in [-0.25, -0.2) is 23.2 Å². The van der Waals surface area contributed by atoms with Crippen molar-refractivity contribution in [2.75, 3.05) is 11.3 Å². The molecule has 3 nitrogen and oxygen atoms in total. The van der Waals surface area contributed by atoms with Crippen molar-refractivity contribution in [2.24, 2.45) is 4.99 Å². The van der Waals surface area contributed by atoms with E-state index in [9.17, 15) is 13.2 Å². The summed E-state index contributed by atoms with van der Waals surface area (Å²) in [5.74, 6) is -0.479. The zero-order valence-electron chi connectivity index (χ0n) is 8.93. The number of aliphatic imine (C=N–C) groups is 1. The third kappa shape index (κ3) is 2.25. The van der Waals surface area contributed by atoms with Gasteiger partial charge in [0.1, 0.15) is 12.2 Å². The normalized spacial score (nSPS) is 20.5. The Labute approximate surface area is 101 Å². The molecule has 2 rings (SSSR count). The van der Waals surface area contributed by atoms with Gasteiger partial charge in [-0.15, -0.1) is 4.41 Å². The average Bonchev–Trinajstić information content (AvgIpc) is 2.73. The molecule has 1 unspecified atom stereocenters. The number of hydrogen-bond acceptors (Lipinski definition) is 4. The minimum absolute atomic E-state index is 0.203. The van der Waals surface area contributed by atoms with Crippen LogP contribution < -0.4 is 5.01 Å². The Bertz CT molecular complexity index is 427. The summed E-state index contributed by atoms with van der Waals surface area (Å²) in [4.78, 5) is 3.68. The zero-order valence-corrected chi connectivity index (χ0v) is 9.74. The van der Waals surface area contributed by atoms with Crippen molar-refractivity contribution >= 4 is 24.0 Å². The van der Waals surface area contributed by atoms with E-state index >= 15 is 0 Å². The Balaban J connectivity index is 2.29. The Morgan fingerprint density at radius 3 is 2.65 bits per heavy atom. The lowest BCUT2D eigenvalue weighted by molar-refractivity contribution is 0.0786. The van der Waals surface area contributed by atoms with Gasteiger partial charge in [0.2, 0.25) is 0 Å². The molecule has 0 radical (unpaired) electrons. The van der Waals surface area contributed by atoms with Crippen molar-refractivity contribution in [3.8, 4) is 0 Å². The van der Waals surface area contributed by atoms with Crippen LogP contribution in [0.1, 0.15) is 0 Å². The maximum absolute atomic E-state index is 13.6. The molecule has 0 amide bonds. The van der Waals surface area contributed by atoms with Gasteiger partial charge < -0.3 is 0 Å². The second-order valence-corrected chi connectivity index (χ2v) is 4.03. The van der Waals surface area contributed by atoms with E-state index in [0.29, 0.717) is 0 Å². The highest BCUT2D eigenvalue weighted by Crippen LogP contribution is 2.30. The zero-order chi connectivity index (χ0) is 12.4. The summed E-state index contributed by atoms with van der Waals surface area (Å²) in [6.07, 6.45) is -1.04. The molecule has 0 bridgehead atoms. The van der Waals surface area contributed by atoms with E-state index < -0.39 is 18.4 Å². The van der Waals surface area contributed by atoms with Crippen molar-refractivity contribution in [3.63, 3.8) is 0 Å². The van der Waals surface area contributed by atoms with Crippen LogP contribution >= 0.6 is 11.9 Å². The van der Waals surface area contributed by atoms with E-state index in [4.69, 9.17) is 0 Å². The fourth-order valence-corrected chi connectivity index (χ4v) is 2.20. The highest BCUT2D eigenvalue weighted by atomic mass is 32.2. The number of rotatable bonds is 3. The Morgan fingerprint density at radius 2 is 2.06 bits per heavy atom. The van der Waals surface area contributed by atoms with E-state index in [2.05, 4.69) is 4.99 Å². The van der Waals surface area contributed by atoms with Gasteiger partial charge in [-0.05, 0) is 18.4 Å². The highest BCUT2D eigenvalue weighted by molar-refractivity contribution is 7.96. The molecule has 0 saturated carbocycles. The predicted octanol–water partition coefficient (Wildman–Crippen LogP) is 2.76. The summed E-state index contributed by atoms with van der Waals surface area (Å²) in [7, 11) is 0. The van der Waals surface area contributed by atoms with Gasteiger partial charge in [-0.2, -0.15) is 0 Å². The largest absolute Gasteiger partial charge is 0.276 e. The maximum atomic E-state index is 13.6. The van der Waals surface area contributed by atoms with Crippen molar-refractivity contribution < 1.29 is 13.2 Å². The quantitative estimate of drug-likeness (QED) is 0.780. The van der Waals surface area contributed by atoms with Gasteiger partial charge >= 0.3 is 0 Å². The third-order valence-electron chi connectivity index (χ3n) is 2.28. The van der Waals surface area contributed by atoms with Crippen LogP contribution in [0.4, 0.5) is 18.9 Å². The minimum Gasteiger partial charge on any atom is -0.249 e. The van der Waals surface area contributed by atoms with Crippen LogP contribution in [0, 0.1) is 5.82 Å². The molecule has 0 fully saturated rings. The number of hydrazine groups is 1. The van der Waals surface area contributed by atoms with Crippen LogP contribution in [-0.2, 0) is 0 Å². The summed E-state index contributed by atoms with van der Waals surface area (Å²) < 4.78 is 40.1. The van der Waals surface area contributed by atoms with Crippen molar-refractivity contribution in [3.05, 3.63) is 30.1 Å². The molecule has 92 valence electrons. The van der Waals surface area contributed by atoms with E-state index in [1.54, 1.807) is 18.4 Å². The summed E-state index contributed by atoms with van der Waals surface area (Å²) in [5, 5.41) is 1.29. The van der Waals surface area contributed by atoms with Gasteiger partial charge in [0.05, 0.1) is 5.69 Å². The fourth-order valence-electron chi connectivity index (χ4n) is 1.53. The molecule has 1 heterocycles. The molecule has 0 aliphatic carbocycles. The lowest BCUT2D eigenvalue weighted by Crippen LogP contribution is -2.40. The van der Waals surface area contributed by atoms with Gasteiger partial charge in [0, 0.05) is 0 Å². The Kier molecular flexibility index (Phi) is 3.58. The van der Waals surface area contributed by atoms with Crippen LogP contribution in [0.25, 0.3) is 0 Å². The Morgan fingerprint density at radius 1 is 1.35 bits per heavy atom. The number of benzene rings is 1. The second kappa shape index (κ2) is 4.97. The number of hydrogen-bond donors (Lipinski definition) is 0. The molecular weight excluding hydrogens is 251 g/mol. The summed E-state index contributed by atoms with van der Waals surface area (Å²) in [6, 6.07) is 5.97. The lowest BCUT2D eigenvalue weighted by Gasteiger charge is -2.28. The Hall–Kier alpha value is -1.21. The fraction of sp³-hybridized carbons (Fsp3) is 0.300. The molecule has 1 aliphatic heterocycles. The van der Waals surface area contributed by atoms with Crippen LogP contribution in [0.2, 0.25) is 0 Å². The van der Waals surface area contributed by atoms with Gasteiger partial charge in [-0.3, -0.25) is 0 Å². The van der Waals surface area contributed by atoms with Crippen molar-refractivity contribution in [2.45, 2.75) is 12.6 Å². The van der Waals surface area contributed by atoms with Crippen LogP contribution in [0.3, 0.4) is 0 Å². The van der Waals surface area contributed by atoms with Gasteiger partial charge in [0.25, 0.3) is 6.43 Å². The molecule has 17 heavy (non-hydrogen) atoms. The molecule has 1 aliphatic rings. The molecule has 0 spiro atoms. The van der Waals surface area contributed by atoms with Crippen LogP contribution in [-0.4, -0.2) is 29.6 Å². The highest BCUT2D eigenvalue weighted by Gasteiger charge is 2.36. The molecule has 0 aromatic heterocycles. The van der Waals surface area contributed by atoms with E-state index in [-0.39, 0.29) is 5.69 Å². The average molecular weight is 261 g/mol. The predicted molar refractivity (Wildman–Crippen MR) is 62.5 cm³/mol. The van der Waals surface area contributed by atoms with Crippen LogP contribution in [0.5, 0.6) is 0 Å². The molecule has 1 aromatic carbocycles. The SMILES string of the molecule is CSN1C(C(F)F)N=CN1c1ccccc1F. The molecule has 0 saturated heterocycles. The first-order valence-corrected chi connectivity index (χ1v) is 6.01. The molecular formula is C10H10F3N3S. The number of halogens is 3. The van der Waals surface area contributed by atoms with Crippen molar-refractivity contribution in [1.82, 2.24) is 4.41 Å². The summed E-state index contributed by atoms with van der Waals surface area (Å²) >= 11 is 1.07. The standard InChI is InChI=1S/C10H10F3N3S/c1-17-16-10(9(12)13)14-6-15(16)8-5-3-2-4-7(8)11/h2-6,9-10H,1H3. The van der Waals surface area contributed by atoms with E-state index in [1.807, 2.05) is 0 Å². The number of nitrogens with zero attached hydrogens (tertiary/aromatic N) is 3. The molecule has 7 heteroatoms. The number of para-hydroxylation sites is 1. The molecule has 0 N–H and O–H groups in total. The monoisotopic (exact) mass is 261 g/mol. The smallest absolute Gasteiger partial charge is 0.249 e. The van der Waals surface area contributed by atoms with E-state index in [0.717, 1.165) is 11.9 Å². The summed E-state index contributed by atoms with van der Waals surface area (Å²) in [6.45, 7) is 0. The van der Waals surface area contributed by atoms with Gasteiger partial charge in [-0.1, -0.05) is 24.1 Å². The topological polar surface area (TPSA) is 18.8 Å².